The molecule has 0 saturated heterocycles. The lowest BCUT2D eigenvalue weighted by molar-refractivity contribution is -0.155. The Labute approximate surface area is 99.8 Å². The second-order valence-electron chi connectivity index (χ2n) is 3.23. The van der Waals surface area contributed by atoms with E-state index in [4.69, 9.17) is 16.9 Å². The SMILES string of the molecule is N#CC(CNc1cc(Cl)ccc1F)C(F)(F)F. The average molecular weight is 267 g/mol. The molecular weight excluding hydrogens is 260 g/mol. The van der Waals surface area contributed by atoms with Crippen molar-refractivity contribution in [1.82, 2.24) is 0 Å². The molecule has 1 rings (SSSR count). The van der Waals surface area contributed by atoms with Crippen LogP contribution in [0, 0.1) is 23.1 Å². The fourth-order valence-corrected chi connectivity index (χ4v) is 1.25. The van der Waals surface area contributed by atoms with Crippen molar-refractivity contribution in [1.29, 1.82) is 5.26 Å². The molecule has 0 fully saturated rings. The van der Waals surface area contributed by atoms with Gasteiger partial charge in [0.1, 0.15) is 5.82 Å². The van der Waals surface area contributed by atoms with E-state index in [2.05, 4.69) is 5.32 Å². The molecule has 0 spiro atoms. The predicted molar refractivity (Wildman–Crippen MR) is 55.1 cm³/mol. The molecule has 92 valence electrons. The van der Waals surface area contributed by atoms with E-state index in [0.29, 0.717) is 0 Å². The first-order chi connectivity index (χ1) is 7.84. The Morgan fingerprint density at radius 1 is 1.41 bits per heavy atom. The molecule has 0 amide bonds. The van der Waals surface area contributed by atoms with Gasteiger partial charge in [0, 0.05) is 11.6 Å². The number of hydrogen-bond acceptors (Lipinski definition) is 2. The van der Waals surface area contributed by atoms with Gasteiger partial charge in [0.2, 0.25) is 0 Å². The summed E-state index contributed by atoms with van der Waals surface area (Å²) in [6.07, 6.45) is -4.64. The van der Waals surface area contributed by atoms with Gasteiger partial charge in [0.05, 0.1) is 11.8 Å². The molecule has 1 atom stereocenters. The lowest BCUT2D eigenvalue weighted by Crippen LogP contribution is -2.28. The molecule has 1 aromatic rings. The lowest BCUT2D eigenvalue weighted by Gasteiger charge is -2.15. The quantitative estimate of drug-likeness (QED) is 0.849. The largest absolute Gasteiger partial charge is 0.406 e. The van der Waals surface area contributed by atoms with E-state index in [0.717, 1.165) is 18.2 Å². The third-order valence-electron chi connectivity index (χ3n) is 1.98. The summed E-state index contributed by atoms with van der Waals surface area (Å²) in [5.74, 6) is -2.92. The van der Waals surface area contributed by atoms with E-state index in [9.17, 15) is 17.6 Å². The monoisotopic (exact) mass is 266 g/mol. The normalized spacial score (nSPS) is 12.9. The van der Waals surface area contributed by atoms with Gasteiger partial charge in [-0.3, -0.25) is 0 Å². The van der Waals surface area contributed by atoms with Crippen LogP contribution < -0.4 is 5.32 Å². The highest BCUT2D eigenvalue weighted by molar-refractivity contribution is 6.30. The number of anilines is 1. The zero-order chi connectivity index (χ0) is 13.1. The molecule has 17 heavy (non-hydrogen) atoms. The van der Waals surface area contributed by atoms with Gasteiger partial charge in [-0.15, -0.1) is 0 Å². The molecule has 1 aromatic carbocycles. The summed E-state index contributed by atoms with van der Waals surface area (Å²) >= 11 is 5.56. The third-order valence-corrected chi connectivity index (χ3v) is 2.21. The number of nitrogens with one attached hydrogen (secondary N) is 1. The minimum absolute atomic E-state index is 0.165. The van der Waals surface area contributed by atoms with E-state index >= 15 is 0 Å². The van der Waals surface area contributed by atoms with Crippen LogP contribution in [0.3, 0.4) is 0 Å². The Hall–Kier alpha value is -1.48. The van der Waals surface area contributed by atoms with Crippen molar-refractivity contribution >= 4 is 17.3 Å². The molecule has 0 heterocycles. The number of nitrogens with zero attached hydrogens (tertiary/aromatic N) is 1. The highest BCUT2D eigenvalue weighted by atomic mass is 35.5. The first-order valence-electron chi connectivity index (χ1n) is 4.50. The summed E-state index contributed by atoms with van der Waals surface area (Å²) in [4.78, 5) is 0. The Bertz CT molecular complexity index is 439. The predicted octanol–water partition coefficient (Wildman–Crippen LogP) is 3.59. The fourth-order valence-electron chi connectivity index (χ4n) is 1.08. The second kappa shape index (κ2) is 5.23. The molecular formula is C10H7ClF4N2. The zero-order valence-electron chi connectivity index (χ0n) is 8.35. The number of halogens is 5. The Kier molecular flexibility index (Phi) is 4.18. The fraction of sp³-hybridized carbons (Fsp3) is 0.300. The van der Waals surface area contributed by atoms with Crippen LogP contribution in [0.4, 0.5) is 23.2 Å². The molecule has 0 aliphatic heterocycles. The first-order valence-corrected chi connectivity index (χ1v) is 4.87. The standard InChI is InChI=1S/C10H7ClF4N2/c11-7-1-2-8(12)9(3-7)17-5-6(4-16)10(13,14)15/h1-3,6,17H,5H2. The maximum absolute atomic E-state index is 13.1. The molecule has 0 aliphatic rings. The molecule has 1 N–H and O–H groups in total. The van der Waals surface area contributed by atoms with Crippen LogP contribution in [0.5, 0.6) is 0 Å². The minimum Gasteiger partial charge on any atom is -0.381 e. The van der Waals surface area contributed by atoms with Crippen molar-refractivity contribution in [2.45, 2.75) is 6.18 Å². The second-order valence-corrected chi connectivity index (χ2v) is 3.66. The highest BCUT2D eigenvalue weighted by Crippen LogP contribution is 2.27. The summed E-state index contributed by atoms with van der Waals surface area (Å²) in [5, 5.41) is 10.7. The van der Waals surface area contributed by atoms with Crippen molar-refractivity contribution in [3.63, 3.8) is 0 Å². The number of alkyl halides is 3. The summed E-state index contributed by atoms with van der Waals surface area (Å²) in [5.41, 5.74) is -0.165. The highest BCUT2D eigenvalue weighted by Gasteiger charge is 2.39. The van der Waals surface area contributed by atoms with Crippen LogP contribution in [0.25, 0.3) is 0 Å². The van der Waals surface area contributed by atoms with E-state index in [1.54, 1.807) is 0 Å². The van der Waals surface area contributed by atoms with Crippen molar-refractivity contribution in [3.8, 4) is 6.07 Å². The van der Waals surface area contributed by atoms with Crippen LogP contribution >= 0.6 is 11.6 Å². The van der Waals surface area contributed by atoms with E-state index < -0.39 is 24.5 Å². The lowest BCUT2D eigenvalue weighted by atomic mass is 10.1. The third kappa shape index (κ3) is 3.79. The summed E-state index contributed by atoms with van der Waals surface area (Å²) < 4.78 is 49.8. The van der Waals surface area contributed by atoms with Crippen LogP contribution in [0.2, 0.25) is 5.02 Å². The van der Waals surface area contributed by atoms with Crippen molar-refractivity contribution in [2.24, 2.45) is 5.92 Å². The average Bonchev–Trinajstić information content (AvgIpc) is 2.22. The van der Waals surface area contributed by atoms with Crippen molar-refractivity contribution < 1.29 is 17.6 Å². The van der Waals surface area contributed by atoms with Crippen molar-refractivity contribution in [2.75, 3.05) is 11.9 Å². The van der Waals surface area contributed by atoms with Gasteiger partial charge < -0.3 is 5.32 Å². The summed E-state index contributed by atoms with van der Waals surface area (Å²) in [7, 11) is 0. The number of benzene rings is 1. The van der Waals surface area contributed by atoms with E-state index in [-0.39, 0.29) is 10.7 Å². The smallest absolute Gasteiger partial charge is 0.381 e. The Morgan fingerprint density at radius 2 is 2.06 bits per heavy atom. The van der Waals surface area contributed by atoms with Crippen LogP contribution in [0.1, 0.15) is 0 Å². The summed E-state index contributed by atoms with van der Waals surface area (Å²) in [6.45, 7) is -0.725. The molecule has 7 heteroatoms. The molecule has 0 radical (unpaired) electrons. The van der Waals surface area contributed by atoms with Gasteiger partial charge >= 0.3 is 6.18 Å². The number of nitriles is 1. The van der Waals surface area contributed by atoms with Crippen LogP contribution in [-0.2, 0) is 0 Å². The molecule has 1 unspecified atom stereocenters. The van der Waals surface area contributed by atoms with Gasteiger partial charge in [0.25, 0.3) is 0 Å². The van der Waals surface area contributed by atoms with E-state index in [1.165, 1.54) is 6.07 Å². The zero-order valence-corrected chi connectivity index (χ0v) is 9.11. The van der Waals surface area contributed by atoms with Crippen LogP contribution in [-0.4, -0.2) is 12.7 Å². The van der Waals surface area contributed by atoms with Gasteiger partial charge in [-0.05, 0) is 18.2 Å². The van der Waals surface area contributed by atoms with Gasteiger partial charge in [-0.1, -0.05) is 11.6 Å². The molecule has 0 bridgehead atoms. The number of rotatable bonds is 3. The molecule has 0 saturated carbocycles. The number of hydrogen-bond donors (Lipinski definition) is 1. The topological polar surface area (TPSA) is 35.8 Å². The molecule has 0 aliphatic carbocycles. The minimum atomic E-state index is -4.64. The summed E-state index contributed by atoms with van der Waals surface area (Å²) in [6, 6.07) is 4.56. The van der Waals surface area contributed by atoms with Gasteiger partial charge in [-0.25, -0.2) is 4.39 Å². The van der Waals surface area contributed by atoms with Gasteiger partial charge in [0.15, 0.2) is 5.92 Å². The Balaban J connectivity index is 2.73. The first kappa shape index (κ1) is 13.6. The molecule has 0 aromatic heterocycles. The molecule has 2 nitrogen and oxygen atoms in total. The maximum Gasteiger partial charge on any atom is 0.406 e. The Morgan fingerprint density at radius 3 is 2.59 bits per heavy atom. The van der Waals surface area contributed by atoms with Crippen LogP contribution in [0.15, 0.2) is 18.2 Å². The van der Waals surface area contributed by atoms with Gasteiger partial charge in [-0.2, -0.15) is 18.4 Å². The van der Waals surface area contributed by atoms with Crippen molar-refractivity contribution in [3.05, 3.63) is 29.0 Å². The maximum atomic E-state index is 13.1. The van der Waals surface area contributed by atoms with E-state index in [1.807, 2.05) is 0 Å².